The van der Waals surface area contributed by atoms with Crippen molar-refractivity contribution < 1.29 is 23.8 Å². The summed E-state index contributed by atoms with van der Waals surface area (Å²) in [6, 6.07) is 12.7. The second-order valence-corrected chi connectivity index (χ2v) is 7.80. The van der Waals surface area contributed by atoms with Gasteiger partial charge in [0.25, 0.3) is 5.91 Å². The van der Waals surface area contributed by atoms with E-state index < -0.39 is 11.9 Å². The first kappa shape index (κ1) is 22.7. The van der Waals surface area contributed by atoms with Gasteiger partial charge in [-0.15, -0.1) is 0 Å². The number of aromatic nitrogens is 1. The smallest absolute Gasteiger partial charge is 0.343 e. The number of fused-ring (bicyclic) bond motifs is 1. The first-order chi connectivity index (χ1) is 15.0. The predicted octanol–water partition coefficient (Wildman–Crippen LogP) is 3.84. The van der Waals surface area contributed by atoms with Gasteiger partial charge in [-0.25, -0.2) is 10.2 Å². The molecule has 3 aromatic rings. The molecule has 10 heteroatoms. The molecule has 160 valence electrons. The molecule has 0 atom stereocenters. The van der Waals surface area contributed by atoms with Gasteiger partial charge in [-0.1, -0.05) is 18.2 Å². The number of benzene rings is 2. The van der Waals surface area contributed by atoms with Crippen LogP contribution < -0.4 is 14.9 Å². The number of ether oxygens (including phenoxy) is 3. The normalized spacial score (nSPS) is 10.8. The summed E-state index contributed by atoms with van der Waals surface area (Å²) in [5.74, 6) is 0.0605. The Kier molecular flexibility index (Phi) is 7.96. The molecular formula is C21H17Br2N3O5. The highest BCUT2D eigenvalue weighted by atomic mass is 79.9. The fraction of sp³-hybridized carbons (Fsp3) is 0.143. The van der Waals surface area contributed by atoms with Gasteiger partial charge < -0.3 is 14.2 Å². The molecule has 0 unspecified atom stereocenters. The minimum absolute atomic E-state index is 0.208. The van der Waals surface area contributed by atoms with Crippen LogP contribution in [0.5, 0.6) is 11.5 Å². The number of para-hydroxylation sites is 1. The van der Waals surface area contributed by atoms with E-state index in [4.69, 9.17) is 9.47 Å². The third-order valence-electron chi connectivity index (χ3n) is 3.94. The van der Waals surface area contributed by atoms with Crippen LogP contribution in [-0.4, -0.2) is 43.4 Å². The number of methoxy groups -OCH3 is 1. The zero-order valence-corrected chi connectivity index (χ0v) is 19.5. The lowest BCUT2D eigenvalue weighted by molar-refractivity contribution is -0.142. The SMILES string of the molecule is COC(=O)COc1c(Br)cc(/C=N/NC(=O)COc2cccc3cccnc23)cc1Br. The maximum absolute atomic E-state index is 12.1. The van der Waals surface area contributed by atoms with E-state index in [0.29, 0.717) is 31.5 Å². The van der Waals surface area contributed by atoms with Crippen molar-refractivity contribution in [3.05, 3.63) is 63.2 Å². The monoisotopic (exact) mass is 549 g/mol. The number of halogens is 2. The number of carbonyl (C=O) groups excluding carboxylic acids is 2. The quantitative estimate of drug-likeness (QED) is 0.260. The molecule has 0 aliphatic heterocycles. The Morgan fingerprint density at radius 2 is 1.84 bits per heavy atom. The lowest BCUT2D eigenvalue weighted by Crippen LogP contribution is -2.24. The fourth-order valence-electron chi connectivity index (χ4n) is 2.53. The van der Waals surface area contributed by atoms with Crippen LogP contribution >= 0.6 is 31.9 Å². The first-order valence-corrected chi connectivity index (χ1v) is 10.5. The van der Waals surface area contributed by atoms with Gasteiger partial charge in [0.2, 0.25) is 0 Å². The highest BCUT2D eigenvalue weighted by molar-refractivity contribution is 9.11. The van der Waals surface area contributed by atoms with E-state index in [1.54, 1.807) is 24.4 Å². The van der Waals surface area contributed by atoms with E-state index in [2.05, 4.69) is 52.1 Å². The van der Waals surface area contributed by atoms with E-state index in [9.17, 15) is 9.59 Å². The lowest BCUT2D eigenvalue weighted by Gasteiger charge is -2.10. The molecule has 2 aromatic carbocycles. The van der Waals surface area contributed by atoms with Crippen LogP contribution in [0.2, 0.25) is 0 Å². The third kappa shape index (κ3) is 6.25. The molecule has 0 radical (unpaired) electrons. The number of pyridine rings is 1. The highest BCUT2D eigenvalue weighted by Gasteiger charge is 2.11. The van der Waals surface area contributed by atoms with E-state index >= 15 is 0 Å². The fourth-order valence-corrected chi connectivity index (χ4v) is 3.98. The summed E-state index contributed by atoms with van der Waals surface area (Å²) in [6.07, 6.45) is 3.14. The summed E-state index contributed by atoms with van der Waals surface area (Å²) in [4.78, 5) is 27.6. The number of hydrogen-bond donors (Lipinski definition) is 1. The van der Waals surface area contributed by atoms with Crippen LogP contribution in [0.25, 0.3) is 10.9 Å². The summed E-state index contributed by atoms with van der Waals surface area (Å²) in [6.45, 7) is -0.426. The summed E-state index contributed by atoms with van der Waals surface area (Å²) < 4.78 is 16.7. The summed E-state index contributed by atoms with van der Waals surface area (Å²) in [5.41, 5.74) is 3.78. The average Bonchev–Trinajstić information content (AvgIpc) is 2.76. The van der Waals surface area contributed by atoms with Crippen molar-refractivity contribution in [3.63, 3.8) is 0 Å². The molecule has 31 heavy (non-hydrogen) atoms. The van der Waals surface area contributed by atoms with E-state index in [-0.39, 0.29) is 13.2 Å². The van der Waals surface area contributed by atoms with Crippen molar-refractivity contribution >= 4 is 60.9 Å². The molecule has 0 bridgehead atoms. The standard InChI is InChI=1S/C21H17Br2N3O5/c1-29-19(28)12-31-21-15(22)8-13(9-16(21)23)10-25-26-18(27)11-30-17-6-2-4-14-5-3-7-24-20(14)17/h2-10H,11-12H2,1H3,(H,26,27)/b25-10+. The third-order valence-corrected chi connectivity index (χ3v) is 5.12. The number of nitrogens with one attached hydrogen (secondary N) is 1. The van der Waals surface area contributed by atoms with E-state index in [1.165, 1.54) is 13.3 Å². The first-order valence-electron chi connectivity index (χ1n) is 8.95. The molecule has 0 saturated heterocycles. The van der Waals surface area contributed by atoms with Crippen LogP contribution in [0.1, 0.15) is 5.56 Å². The number of carbonyl (C=O) groups is 2. The van der Waals surface area contributed by atoms with E-state index in [0.717, 1.165) is 5.39 Å². The Hall–Kier alpha value is -2.98. The number of rotatable bonds is 8. The van der Waals surface area contributed by atoms with Gasteiger partial charge in [-0.3, -0.25) is 9.78 Å². The molecule has 1 N–H and O–H groups in total. The Bertz CT molecular complexity index is 1110. The molecule has 0 saturated carbocycles. The summed E-state index contributed by atoms with van der Waals surface area (Å²) in [7, 11) is 1.29. The van der Waals surface area contributed by atoms with Crippen LogP contribution in [0.15, 0.2) is 62.7 Å². The van der Waals surface area contributed by atoms with Crippen molar-refractivity contribution in [1.29, 1.82) is 0 Å². The van der Waals surface area contributed by atoms with Gasteiger partial charge in [0.1, 0.15) is 17.0 Å². The van der Waals surface area contributed by atoms with Crippen molar-refractivity contribution in [2.75, 3.05) is 20.3 Å². The van der Waals surface area contributed by atoms with Crippen molar-refractivity contribution in [3.8, 4) is 11.5 Å². The second kappa shape index (κ2) is 10.9. The predicted molar refractivity (Wildman–Crippen MR) is 122 cm³/mol. The molecule has 1 amide bonds. The van der Waals surface area contributed by atoms with Crippen LogP contribution in [-0.2, 0) is 14.3 Å². The van der Waals surface area contributed by atoms with Gasteiger partial charge >= 0.3 is 5.97 Å². The van der Waals surface area contributed by atoms with Crippen molar-refractivity contribution in [2.45, 2.75) is 0 Å². The molecule has 0 aliphatic rings. The molecule has 3 rings (SSSR count). The largest absolute Gasteiger partial charge is 0.481 e. The lowest BCUT2D eigenvalue weighted by atomic mass is 10.2. The molecule has 1 aromatic heterocycles. The van der Waals surface area contributed by atoms with Gasteiger partial charge in [-0.05, 0) is 61.7 Å². The minimum Gasteiger partial charge on any atom is -0.481 e. The molecule has 1 heterocycles. The zero-order valence-electron chi connectivity index (χ0n) is 16.3. The highest BCUT2D eigenvalue weighted by Crippen LogP contribution is 2.34. The Labute approximate surface area is 194 Å². The van der Waals surface area contributed by atoms with Gasteiger partial charge in [0.05, 0.1) is 22.3 Å². The van der Waals surface area contributed by atoms with Crippen LogP contribution in [0.4, 0.5) is 0 Å². The molecule has 0 aliphatic carbocycles. The van der Waals surface area contributed by atoms with Crippen molar-refractivity contribution in [1.82, 2.24) is 10.4 Å². The number of hydrazone groups is 1. The maximum Gasteiger partial charge on any atom is 0.343 e. The summed E-state index contributed by atoms with van der Waals surface area (Å²) >= 11 is 6.76. The average molecular weight is 551 g/mol. The van der Waals surface area contributed by atoms with Gasteiger partial charge in [-0.2, -0.15) is 5.10 Å². The number of amides is 1. The number of nitrogens with zero attached hydrogens (tertiary/aromatic N) is 2. The molecule has 8 nitrogen and oxygen atoms in total. The number of hydrogen-bond acceptors (Lipinski definition) is 7. The van der Waals surface area contributed by atoms with Crippen molar-refractivity contribution in [2.24, 2.45) is 5.10 Å². The van der Waals surface area contributed by atoms with Crippen LogP contribution in [0, 0.1) is 0 Å². The molecule has 0 spiro atoms. The zero-order chi connectivity index (χ0) is 22.2. The molecular weight excluding hydrogens is 534 g/mol. The topological polar surface area (TPSA) is 99.1 Å². The van der Waals surface area contributed by atoms with E-state index in [1.807, 2.05) is 24.3 Å². The van der Waals surface area contributed by atoms with Gasteiger partial charge in [0.15, 0.2) is 13.2 Å². The Balaban J connectivity index is 1.56. The maximum atomic E-state index is 12.1. The summed E-state index contributed by atoms with van der Waals surface area (Å²) in [5, 5.41) is 4.86. The Morgan fingerprint density at radius 3 is 2.58 bits per heavy atom. The number of esters is 1. The second-order valence-electron chi connectivity index (χ2n) is 6.09. The van der Waals surface area contributed by atoms with Gasteiger partial charge in [0, 0.05) is 11.6 Å². The molecule has 0 fully saturated rings. The minimum atomic E-state index is -0.492. The van der Waals surface area contributed by atoms with Crippen LogP contribution in [0.3, 0.4) is 0 Å². The Morgan fingerprint density at radius 1 is 1.10 bits per heavy atom.